The van der Waals surface area contributed by atoms with Crippen molar-refractivity contribution in [2.24, 2.45) is 0 Å². The van der Waals surface area contributed by atoms with Crippen LogP contribution in [0, 0.1) is 0 Å². The minimum atomic E-state index is 0.526. The van der Waals surface area contributed by atoms with Crippen LogP contribution in [0.25, 0.3) is 100 Å². The minimum Gasteiger partial charge on any atom is -0.455 e. The fraction of sp³-hybridized carbons (Fsp3) is 0. The number of benzene rings is 6. The molecule has 50 heavy (non-hydrogen) atoms. The molecule has 0 atom stereocenters. The first-order chi connectivity index (χ1) is 24.8. The molecule has 0 amide bonds. The van der Waals surface area contributed by atoms with E-state index < -0.39 is 0 Å². The smallest absolute Gasteiger partial charge is 0.167 e. The molecule has 0 fully saturated rings. The van der Waals surface area contributed by atoms with Crippen LogP contribution in [-0.2, 0) is 0 Å². The Labute approximate surface area is 286 Å². The zero-order valence-corrected chi connectivity index (χ0v) is 26.6. The molecule has 0 saturated heterocycles. The van der Waals surface area contributed by atoms with Crippen molar-refractivity contribution in [1.29, 1.82) is 0 Å². The number of hydrogen-bond donors (Lipinski definition) is 0. The van der Waals surface area contributed by atoms with Gasteiger partial charge in [0.1, 0.15) is 22.3 Å². The Kier molecular flexibility index (Phi) is 6.39. The molecule has 6 heteroatoms. The molecule has 10 rings (SSSR count). The number of furan rings is 2. The molecule has 234 valence electrons. The number of hydrogen-bond acceptors (Lipinski definition) is 6. The largest absolute Gasteiger partial charge is 0.455 e. The second kappa shape index (κ2) is 11.4. The first kappa shape index (κ1) is 28.1. The quantitative estimate of drug-likeness (QED) is 0.186. The standard InChI is InChI=1S/C44H26N4O2/c1-2-11-27(12-3-1)42-46-43(29-14-8-13-28(25-29)30-15-10-24-45-26-30)48-44(47-42)36-23-22-32(39-35-17-5-7-21-38(35)50-41(36)39)34-19-9-18-33-31-16-4-6-20-37(31)49-40(33)34/h1-26H. The predicted molar refractivity (Wildman–Crippen MR) is 199 cm³/mol. The molecule has 0 saturated carbocycles. The van der Waals surface area contributed by atoms with Gasteiger partial charge in [-0.15, -0.1) is 0 Å². The molecule has 0 unspecified atom stereocenters. The number of pyridine rings is 1. The van der Waals surface area contributed by atoms with Crippen molar-refractivity contribution in [3.63, 3.8) is 0 Å². The van der Waals surface area contributed by atoms with Crippen molar-refractivity contribution in [3.8, 4) is 56.4 Å². The van der Waals surface area contributed by atoms with Gasteiger partial charge in [0.15, 0.2) is 17.5 Å². The van der Waals surface area contributed by atoms with Gasteiger partial charge in [0.2, 0.25) is 0 Å². The summed E-state index contributed by atoms with van der Waals surface area (Å²) in [7, 11) is 0. The van der Waals surface area contributed by atoms with E-state index in [0.717, 1.165) is 77.2 Å². The van der Waals surface area contributed by atoms with Gasteiger partial charge in [0, 0.05) is 56.2 Å². The zero-order valence-electron chi connectivity index (χ0n) is 26.6. The first-order valence-electron chi connectivity index (χ1n) is 16.5. The number of aromatic nitrogens is 4. The summed E-state index contributed by atoms with van der Waals surface area (Å²) in [6.07, 6.45) is 3.64. The van der Waals surface area contributed by atoms with Crippen LogP contribution in [0.5, 0.6) is 0 Å². The van der Waals surface area contributed by atoms with Crippen molar-refractivity contribution in [3.05, 3.63) is 158 Å². The van der Waals surface area contributed by atoms with E-state index in [9.17, 15) is 0 Å². The van der Waals surface area contributed by atoms with E-state index in [1.54, 1.807) is 6.20 Å². The molecular weight excluding hydrogens is 617 g/mol. The summed E-state index contributed by atoms with van der Waals surface area (Å²) < 4.78 is 13.2. The van der Waals surface area contributed by atoms with Gasteiger partial charge in [-0.3, -0.25) is 4.98 Å². The topological polar surface area (TPSA) is 77.8 Å². The summed E-state index contributed by atoms with van der Waals surface area (Å²) in [5, 5.41) is 4.15. The van der Waals surface area contributed by atoms with Gasteiger partial charge in [0.25, 0.3) is 0 Å². The molecule has 0 aliphatic carbocycles. The number of nitrogens with zero attached hydrogens (tertiary/aromatic N) is 4. The maximum absolute atomic E-state index is 6.70. The van der Waals surface area contributed by atoms with Crippen molar-refractivity contribution in [2.45, 2.75) is 0 Å². The molecule has 0 spiro atoms. The van der Waals surface area contributed by atoms with Crippen LogP contribution in [-0.4, -0.2) is 19.9 Å². The number of fused-ring (bicyclic) bond motifs is 6. The van der Waals surface area contributed by atoms with Crippen molar-refractivity contribution >= 4 is 43.9 Å². The third-order valence-electron chi connectivity index (χ3n) is 9.24. The Hall–Kier alpha value is -6.92. The lowest BCUT2D eigenvalue weighted by Crippen LogP contribution is -2.00. The zero-order chi connectivity index (χ0) is 33.0. The predicted octanol–water partition coefficient (Wildman–Crippen LogP) is 11.4. The second-order valence-corrected chi connectivity index (χ2v) is 12.2. The Bertz CT molecular complexity index is 2880. The summed E-state index contributed by atoms with van der Waals surface area (Å²) in [4.78, 5) is 19.5. The van der Waals surface area contributed by atoms with Crippen LogP contribution in [0.2, 0.25) is 0 Å². The van der Waals surface area contributed by atoms with E-state index in [1.165, 1.54) is 0 Å². The third-order valence-corrected chi connectivity index (χ3v) is 9.24. The highest BCUT2D eigenvalue weighted by atomic mass is 16.3. The molecule has 6 aromatic carbocycles. The Morgan fingerprint density at radius 2 is 1.00 bits per heavy atom. The lowest BCUT2D eigenvalue weighted by atomic mass is 9.95. The maximum Gasteiger partial charge on any atom is 0.167 e. The molecule has 0 radical (unpaired) electrons. The normalized spacial score (nSPS) is 11.6. The van der Waals surface area contributed by atoms with Gasteiger partial charge in [-0.1, -0.05) is 115 Å². The first-order valence-corrected chi connectivity index (χ1v) is 16.5. The Morgan fingerprint density at radius 1 is 0.380 bits per heavy atom. The summed E-state index contributed by atoms with van der Waals surface area (Å²) in [6.45, 7) is 0. The molecule has 0 aliphatic heterocycles. The van der Waals surface area contributed by atoms with Crippen molar-refractivity contribution < 1.29 is 8.83 Å². The molecule has 0 aliphatic rings. The maximum atomic E-state index is 6.70. The van der Waals surface area contributed by atoms with Gasteiger partial charge >= 0.3 is 0 Å². The van der Waals surface area contributed by atoms with Gasteiger partial charge in [-0.25, -0.2) is 15.0 Å². The molecule has 4 heterocycles. The molecule has 0 N–H and O–H groups in total. The average molecular weight is 643 g/mol. The molecule has 6 nitrogen and oxygen atoms in total. The van der Waals surface area contributed by atoms with Crippen LogP contribution in [0.4, 0.5) is 0 Å². The van der Waals surface area contributed by atoms with Crippen LogP contribution in [0.15, 0.2) is 167 Å². The number of rotatable bonds is 5. The van der Waals surface area contributed by atoms with E-state index in [-0.39, 0.29) is 0 Å². The van der Waals surface area contributed by atoms with Gasteiger partial charge in [-0.2, -0.15) is 0 Å². The molecule has 0 bridgehead atoms. The Balaban J connectivity index is 1.22. The van der Waals surface area contributed by atoms with Gasteiger partial charge in [-0.05, 0) is 41.5 Å². The van der Waals surface area contributed by atoms with E-state index in [4.69, 9.17) is 23.8 Å². The summed E-state index contributed by atoms with van der Waals surface area (Å²) in [5.74, 6) is 1.68. The van der Waals surface area contributed by atoms with Crippen LogP contribution in [0.1, 0.15) is 0 Å². The monoisotopic (exact) mass is 642 g/mol. The fourth-order valence-corrected chi connectivity index (χ4v) is 6.90. The van der Waals surface area contributed by atoms with Crippen LogP contribution >= 0.6 is 0 Å². The van der Waals surface area contributed by atoms with Crippen molar-refractivity contribution in [1.82, 2.24) is 19.9 Å². The SMILES string of the molecule is c1ccc(-c2nc(-c3cccc(-c4cccnc4)c3)nc(-c3ccc(-c4cccc5c4oc4ccccc45)c4c3oc3ccccc34)n2)cc1. The highest BCUT2D eigenvalue weighted by molar-refractivity contribution is 6.19. The molecular formula is C44H26N4O2. The second-order valence-electron chi connectivity index (χ2n) is 12.2. The highest BCUT2D eigenvalue weighted by Crippen LogP contribution is 2.44. The van der Waals surface area contributed by atoms with E-state index in [2.05, 4.69) is 59.6 Å². The fourth-order valence-electron chi connectivity index (χ4n) is 6.90. The third kappa shape index (κ3) is 4.58. The Morgan fingerprint density at radius 3 is 1.84 bits per heavy atom. The molecule has 10 aromatic rings. The summed E-state index contributed by atoms with van der Waals surface area (Å²) in [6, 6.07) is 49.0. The highest BCUT2D eigenvalue weighted by Gasteiger charge is 2.22. The van der Waals surface area contributed by atoms with E-state index in [0.29, 0.717) is 23.1 Å². The molecule has 4 aromatic heterocycles. The van der Waals surface area contributed by atoms with Crippen molar-refractivity contribution in [2.75, 3.05) is 0 Å². The van der Waals surface area contributed by atoms with Crippen LogP contribution in [0.3, 0.4) is 0 Å². The van der Waals surface area contributed by atoms with Gasteiger partial charge < -0.3 is 8.83 Å². The number of para-hydroxylation sites is 3. The van der Waals surface area contributed by atoms with E-state index in [1.807, 2.05) is 97.2 Å². The average Bonchev–Trinajstić information content (AvgIpc) is 3.77. The summed E-state index contributed by atoms with van der Waals surface area (Å²) in [5.41, 5.74) is 9.81. The van der Waals surface area contributed by atoms with Gasteiger partial charge in [0.05, 0.1) is 5.56 Å². The van der Waals surface area contributed by atoms with E-state index >= 15 is 0 Å². The summed E-state index contributed by atoms with van der Waals surface area (Å²) >= 11 is 0. The minimum absolute atomic E-state index is 0.526. The lowest BCUT2D eigenvalue weighted by Gasteiger charge is -2.11. The lowest BCUT2D eigenvalue weighted by molar-refractivity contribution is 0.669. The van der Waals surface area contributed by atoms with Crippen LogP contribution < -0.4 is 0 Å².